The second kappa shape index (κ2) is 3.38. The van der Waals surface area contributed by atoms with Gasteiger partial charge in [-0.2, -0.15) is 5.10 Å². The molecule has 1 N–H and O–H groups in total. The maximum absolute atomic E-state index is 9.76. The predicted octanol–water partition coefficient (Wildman–Crippen LogP) is 2.73. The van der Waals surface area contributed by atoms with Gasteiger partial charge in [0.1, 0.15) is 5.75 Å². The highest BCUT2D eigenvalue weighted by Crippen LogP contribution is 2.28. The number of phenolic OH excluding ortho intramolecular Hbond substituents is 1. The number of phenols is 1. The van der Waals surface area contributed by atoms with Gasteiger partial charge >= 0.3 is 0 Å². The molecule has 0 radical (unpaired) electrons. The van der Waals surface area contributed by atoms with Gasteiger partial charge in [0, 0.05) is 23.2 Å². The van der Waals surface area contributed by atoms with Crippen LogP contribution in [0.5, 0.6) is 5.75 Å². The first-order valence-corrected chi connectivity index (χ1v) is 5.07. The van der Waals surface area contributed by atoms with E-state index >= 15 is 0 Å². The molecule has 1 heterocycles. The monoisotopic (exact) mass is 210 g/mol. The van der Waals surface area contributed by atoms with E-state index in [9.17, 15) is 5.11 Å². The normalized spacial score (nSPS) is 10.8. The zero-order valence-corrected chi connectivity index (χ0v) is 8.54. The molecule has 3 heteroatoms. The van der Waals surface area contributed by atoms with Crippen molar-refractivity contribution in [3.8, 4) is 11.4 Å². The average molecular weight is 210 g/mol. The quantitative estimate of drug-likeness (QED) is 0.670. The molecule has 2 aromatic carbocycles. The van der Waals surface area contributed by atoms with Gasteiger partial charge in [-0.05, 0) is 18.2 Å². The molecular formula is C13H10N2O. The molecule has 0 unspecified atom stereocenters. The fourth-order valence-corrected chi connectivity index (χ4v) is 1.88. The third-order valence-corrected chi connectivity index (χ3v) is 2.63. The van der Waals surface area contributed by atoms with Crippen molar-refractivity contribution in [1.82, 2.24) is 9.78 Å². The van der Waals surface area contributed by atoms with Crippen molar-refractivity contribution < 1.29 is 5.11 Å². The third kappa shape index (κ3) is 1.26. The molecule has 0 aliphatic heterocycles. The first-order chi connectivity index (χ1) is 7.86. The molecule has 3 aromatic rings. The number of aromatic nitrogens is 2. The summed E-state index contributed by atoms with van der Waals surface area (Å²) < 4.78 is 1.79. The first-order valence-electron chi connectivity index (χ1n) is 5.07. The average Bonchev–Trinajstić information content (AvgIpc) is 2.83. The second-order valence-electron chi connectivity index (χ2n) is 3.60. The molecule has 0 spiro atoms. The van der Waals surface area contributed by atoms with E-state index < -0.39 is 0 Å². The lowest BCUT2D eigenvalue weighted by Gasteiger charge is -2.07. The molecule has 0 atom stereocenters. The van der Waals surface area contributed by atoms with Gasteiger partial charge in [-0.15, -0.1) is 0 Å². The highest BCUT2D eigenvalue weighted by Gasteiger charge is 2.05. The van der Waals surface area contributed by atoms with Crippen molar-refractivity contribution >= 4 is 10.8 Å². The van der Waals surface area contributed by atoms with Crippen molar-refractivity contribution in [2.24, 2.45) is 0 Å². The molecule has 0 amide bonds. The number of hydrogen-bond donors (Lipinski definition) is 1. The fourth-order valence-electron chi connectivity index (χ4n) is 1.88. The van der Waals surface area contributed by atoms with Crippen LogP contribution in [0.3, 0.4) is 0 Å². The molecule has 0 saturated carbocycles. The summed E-state index contributed by atoms with van der Waals surface area (Å²) >= 11 is 0. The molecule has 0 aliphatic carbocycles. The molecule has 3 rings (SSSR count). The number of fused-ring (bicyclic) bond motifs is 1. The topological polar surface area (TPSA) is 38.0 Å². The van der Waals surface area contributed by atoms with Crippen LogP contribution in [0.2, 0.25) is 0 Å². The van der Waals surface area contributed by atoms with E-state index in [-0.39, 0.29) is 0 Å². The molecule has 16 heavy (non-hydrogen) atoms. The summed E-state index contributed by atoms with van der Waals surface area (Å²) in [6.07, 6.45) is 3.63. The lowest BCUT2D eigenvalue weighted by Crippen LogP contribution is -1.95. The van der Waals surface area contributed by atoms with E-state index in [1.807, 2.05) is 42.6 Å². The molecule has 3 nitrogen and oxygen atoms in total. The van der Waals surface area contributed by atoms with Crippen LogP contribution in [0.15, 0.2) is 54.9 Å². The predicted molar refractivity (Wildman–Crippen MR) is 62.7 cm³/mol. The van der Waals surface area contributed by atoms with Crippen LogP contribution < -0.4 is 0 Å². The molecular weight excluding hydrogens is 200 g/mol. The Morgan fingerprint density at radius 3 is 2.50 bits per heavy atom. The van der Waals surface area contributed by atoms with Crippen molar-refractivity contribution in [2.45, 2.75) is 0 Å². The fraction of sp³-hybridized carbons (Fsp3) is 0. The number of rotatable bonds is 1. The summed E-state index contributed by atoms with van der Waals surface area (Å²) in [6, 6.07) is 13.2. The van der Waals surface area contributed by atoms with Gasteiger partial charge < -0.3 is 5.11 Å². The Labute approximate surface area is 92.6 Å². The van der Waals surface area contributed by atoms with Gasteiger partial charge in [-0.25, -0.2) is 4.68 Å². The Hall–Kier alpha value is -2.29. The standard InChI is InChI=1S/C13H10N2O/c16-13-7-6-12(15-9-3-8-14-15)10-4-1-2-5-11(10)13/h1-9,16H. The number of benzene rings is 2. The highest BCUT2D eigenvalue weighted by atomic mass is 16.3. The van der Waals surface area contributed by atoms with Crippen molar-refractivity contribution in [2.75, 3.05) is 0 Å². The zero-order valence-electron chi connectivity index (χ0n) is 8.54. The third-order valence-electron chi connectivity index (χ3n) is 2.63. The van der Waals surface area contributed by atoms with Gasteiger partial charge in [0.15, 0.2) is 0 Å². The molecule has 0 bridgehead atoms. The van der Waals surface area contributed by atoms with E-state index in [1.54, 1.807) is 16.9 Å². The van der Waals surface area contributed by atoms with Crippen LogP contribution >= 0.6 is 0 Å². The summed E-state index contributed by atoms with van der Waals surface area (Å²) in [6.45, 7) is 0. The Morgan fingerprint density at radius 2 is 1.75 bits per heavy atom. The van der Waals surface area contributed by atoms with Crippen molar-refractivity contribution in [3.63, 3.8) is 0 Å². The van der Waals surface area contributed by atoms with Crippen molar-refractivity contribution in [3.05, 3.63) is 54.9 Å². The smallest absolute Gasteiger partial charge is 0.123 e. The number of hydrogen-bond acceptors (Lipinski definition) is 2. The Morgan fingerprint density at radius 1 is 0.938 bits per heavy atom. The van der Waals surface area contributed by atoms with E-state index in [1.165, 1.54) is 0 Å². The van der Waals surface area contributed by atoms with Gasteiger partial charge in [0.2, 0.25) is 0 Å². The minimum Gasteiger partial charge on any atom is -0.507 e. The van der Waals surface area contributed by atoms with Crippen LogP contribution in [0, 0.1) is 0 Å². The van der Waals surface area contributed by atoms with Crippen LogP contribution in [-0.2, 0) is 0 Å². The molecule has 0 saturated heterocycles. The summed E-state index contributed by atoms with van der Waals surface area (Å²) in [5, 5.41) is 15.8. The highest BCUT2D eigenvalue weighted by molar-refractivity contribution is 5.94. The van der Waals surface area contributed by atoms with E-state index in [0.29, 0.717) is 5.75 Å². The van der Waals surface area contributed by atoms with Crippen LogP contribution in [0.1, 0.15) is 0 Å². The SMILES string of the molecule is Oc1ccc(-n2cccn2)c2ccccc12. The second-order valence-corrected chi connectivity index (χ2v) is 3.60. The summed E-state index contributed by atoms with van der Waals surface area (Å²) in [5.74, 6) is 0.298. The lowest BCUT2D eigenvalue weighted by molar-refractivity contribution is 0.481. The van der Waals surface area contributed by atoms with Gasteiger partial charge in [-0.1, -0.05) is 24.3 Å². The van der Waals surface area contributed by atoms with Gasteiger partial charge in [0.05, 0.1) is 5.69 Å². The van der Waals surface area contributed by atoms with Gasteiger partial charge in [-0.3, -0.25) is 0 Å². The van der Waals surface area contributed by atoms with Gasteiger partial charge in [0.25, 0.3) is 0 Å². The van der Waals surface area contributed by atoms with Crippen LogP contribution in [0.4, 0.5) is 0 Å². The molecule has 0 aliphatic rings. The first kappa shape index (κ1) is 8.97. The van der Waals surface area contributed by atoms with Crippen molar-refractivity contribution in [1.29, 1.82) is 0 Å². The zero-order chi connectivity index (χ0) is 11.0. The lowest BCUT2D eigenvalue weighted by atomic mass is 10.1. The minimum atomic E-state index is 0.298. The molecule has 0 fully saturated rings. The largest absolute Gasteiger partial charge is 0.507 e. The van der Waals surface area contributed by atoms with E-state index in [0.717, 1.165) is 16.5 Å². The molecule has 1 aromatic heterocycles. The Balaban J connectivity index is 2.39. The van der Waals surface area contributed by atoms with Crippen LogP contribution in [0.25, 0.3) is 16.5 Å². The maximum atomic E-state index is 9.76. The number of nitrogens with zero attached hydrogens (tertiary/aromatic N) is 2. The summed E-state index contributed by atoms with van der Waals surface area (Å²) in [5.41, 5.74) is 0.971. The molecule has 78 valence electrons. The van der Waals surface area contributed by atoms with E-state index in [4.69, 9.17) is 0 Å². The van der Waals surface area contributed by atoms with E-state index in [2.05, 4.69) is 5.10 Å². The van der Waals surface area contributed by atoms with Crippen LogP contribution in [-0.4, -0.2) is 14.9 Å². The summed E-state index contributed by atoms with van der Waals surface area (Å²) in [4.78, 5) is 0. The minimum absolute atomic E-state index is 0.298. The summed E-state index contributed by atoms with van der Waals surface area (Å²) in [7, 11) is 0. The maximum Gasteiger partial charge on any atom is 0.123 e. The Bertz CT molecular complexity index is 629. The Kier molecular flexibility index (Phi) is 1.90. The number of aromatic hydroxyl groups is 1.